The minimum atomic E-state index is -0.564. The highest BCUT2D eigenvalue weighted by molar-refractivity contribution is 5.94. The van der Waals surface area contributed by atoms with Crippen LogP contribution in [0.3, 0.4) is 0 Å². The van der Waals surface area contributed by atoms with Gasteiger partial charge in [-0.2, -0.15) is 9.78 Å². The standard InChI is InChI=1S/C18H23N9O4/c1-4-26(5-2)10-12-15(21-25-27(12)17-16(19)23-31-24-17)18(29)22-20-9-11-6-7-13(28)14(8-11)30-3/h6-9,28H,4-5,10H2,1-3H3,(H2,19,23)(H,22,29). The molecule has 0 aliphatic carbocycles. The molecule has 3 aromatic rings. The lowest BCUT2D eigenvalue weighted by Crippen LogP contribution is -2.27. The van der Waals surface area contributed by atoms with Gasteiger partial charge in [0.2, 0.25) is 11.6 Å². The topological polar surface area (TPSA) is 170 Å². The Kier molecular flexibility index (Phi) is 6.77. The maximum Gasteiger partial charge on any atom is 0.293 e. The number of rotatable bonds is 9. The van der Waals surface area contributed by atoms with Crippen LogP contribution in [0, 0.1) is 0 Å². The van der Waals surface area contributed by atoms with Crippen molar-refractivity contribution in [2.45, 2.75) is 20.4 Å². The molecule has 0 radical (unpaired) electrons. The minimum Gasteiger partial charge on any atom is -0.504 e. The lowest BCUT2D eigenvalue weighted by atomic mass is 10.2. The average molecular weight is 429 g/mol. The quantitative estimate of drug-likeness (QED) is 0.322. The molecule has 164 valence electrons. The molecule has 3 rings (SSSR count). The fourth-order valence-corrected chi connectivity index (χ4v) is 2.78. The van der Waals surface area contributed by atoms with Crippen molar-refractivity contribution in [2.75, 3.05) is 25.9 Å². The fourth-order valence-electron chi connectivity index (χ4n) is 2.78. The molecule has 2 heterocycles. The van der Waals surface area contributed by atoms with Gasteiger partial charge in [-0.15, -0.1) is 5.10 Å². The number of nitrogens with zero attached hydrogens (tertiary/aromatic N) is 7. The molecule has 0 fully saturated rings. The summed E-state index contributed by atoms with van der Waals surface area (Å²) in [5.74, 6) is -0.0997. The number of anilines is 1. The summed E-state index contributed by atoms with van der Waals surface area (Å²) in [6.07, 6.45) is 1.41. The second-order valence-electron chi connectivity index (χ2n) is 6.36. The van der Waals surface area contributed by atoms with Crippen LogP contribution in [0.15, 0.2) is 27.9 Å². The van der Waals surface area contributed by atoms with E-state index in [4.69, 9.17) is 10.5 Å². The van der Waals surface area contributed by atoms with E-state index in [1.165, 1.54) is 24.1 Å². The smallest absolute Gasteiger partial charge is 0.293 e. The molecule has 0 atom stereocenters. The largest absolute Gasteiger partial charge is 0.504 e. The van der Waals surface area contributed by atoms with Gasteiger partial charge in [0.25, 0.3) is 5.91 Å². The number of carbonyl (C=O) groups is 1. The lowest BCUT2D eigenvalue weighted by Gasteiger charge is -2.18. The van der Waals surface area contributed by atoms with Crippen LogP contribution in [0.2, 0.25) is 0 Å². The van der Waals surface area contributed by atoms with Crippen molar-refractivity contribution in [3.63, 3.8) is 0 Å². The molecule has 0 spiro atoms. The van der Waals surface area contributed by atoms with Crippen molar-refractivity contribution in [3.8, 4) is 17.3 Å². The number of aromatic nitrogens is 5. The van der Waals surface area contributed by atoms with Crippen LogP contribution in [0.25, 0.3) is 5.82 Å². The maximum atomic E-state index is 12.7. The first-order valence-corrected chi connectivity index (χ1v) is 9.44. The normalized spacial score (nSPS) is 11.4. The number of carbonyl (C=O) groups excluding carboxylic acids is 1. The van der Waals surface area contributed by atoms with Crippen molar-refractivity contribution in [3.05, 3.63) is 35.2 Å². The first kappa shape index (κ1) is 21.7. The van der Waals surface area contributed by atoms with Gasteiger partial charge >= 0.3 is 0 Å². The third kappa shape index (κ3) is 4.78. The molecule has 0 aliphatic rings. The Morgan fingerprint density at radius 2 is 2.16 bits per heavy atom. The Bertz CT molecular complexity index is 1070. The molecule has 1 amide bonds. The van der Waals surface area contributed by atoms with Gasteiger partial charge < -0.3 is 15.6 Å². The second kappa shape index (κ2) is 9.67. The molecular formula is C18H23N9O4. The fraction of sp³-hybridized carbons (Fsp3) is 0.333. The van der Waals surface area contributed by atoms with E-state index in [1.54, 1.807) is 12.1 Å². The van der Waals surface area contributed by atoms with Gasteiger partial charge in [-0.3, -0.25) is 9.69 Å². The van der Waals surface area contributed by atoms with Crippen molar-refractivity contribution in [2.24, 2.45) is 5.10 Å². The predicted molar refractivity (Wildman–Crippen MR) is 110 cm³/mol. The molecule has 0 unspecified atom stereocenters. The van der Waals surface area contributed by atoms with Gasteiger partial charge in [0.05, 0.1) is 19.0 Å². The van der Waals surface area contributed by atoms with Crippen LogP contribution in [0.5, 0.6) is 11.5 Å². The molecule has 0 aliphatic heterocycles. The zero-order valence-electron chi connectivity index (χ0n) is 17.3. The third-order valence-electron chi connectivity index (χ3n) is 4.53. The van der Waals surface area contributed by atoms with Crippen LogP contribution in [0.4, 0.5) is 5.82 Å². The van der Waals surface area contributed by atoms with Gasteiger partial charge in [0.1, 0.15) is 0 Å². The highest BCUT2D eigenvalue weighted by Crippen LogP contribution is 2.25. The number of hydrazone groups is 1. The van der Waals surface area contributed by atoms with Crippen molar-refractivity contribution >= 4 is 17.9 Å². The van der Waals surface area contributed by atoms with Crippen molar-refractivity contribution in [1.29, 1.82) is 0 Å². The van der Waals surface area contributed by atoms with Crippen LogP contribution in [0.1, 0.15) is 35.6 Å². The van der Waals surface area contributed by atoms with E-state index in [2.05, 4.69) is 40.7 Å². The Morgan fingerprint density at radius 3 is 2.81 bits per heavy atom. The van der Waals surface area contributed by atoms with Crippen LogP contribution in [-0.4, -0.2) is 67.6 Å². The number of nitrogen functional groups attached to an aromatic ring is 1. The van der Waals surface area contributed by atoms with Gasteiger partial charge in [-0.25, -0.2) is 10.1 Å². The van der Waals surface area contributed by atoms with Gasteiger partial charge in [-0.05, 0) is 47.2 Å². The summed E-state index contributed by atoms with van der Waals surface area (Å²) in [6.45, 7) is 5.86. The van der Waals surface area contributed by atoms with Crippen molar-refractivity contribution in [1.82, 2.24) is 35.6 Å². The number of phenolic OH excluding ortho intramolecular Hbond substituents is 1. The van der Waals surface area contributed by atoms with E-state index in [0.717, 1.165) is 13.1 Å². The third-order valence-corrected chi connectivity index (χ3v) is 4.53. The van der Waals surface area contributed by atoms with E-state index >= 15 is 0 Å². The zero-order chi connectivity index (χ0) is 22.4. The van der Waals surface area contributed by atoms with E-state index in [1.807, 2.05) is 13.8 Å². The highest BCUT2D eigenvalue weighted by atomic mass is 16.6. The van der Waals surface area contributed by atoms with Gasteiger partial charge in [0, 0.05) is 6.54 Å². The number of ether oxygens (including phenoxy) is 1. The Balaban J connectivity index is 1.84. The first-order valence-electron chi connectivity index (χ1n) is 9.44. The summed E-state index contributed by atoms with van der Waals surface area (Å²) in [6, 6.07) is 4.66. The highest BCUT2D eigenvalue weighted by Gasteiger charge is 2.24. The van der Waals surface area contributed by atoms with Gasteiger partial charge in [0.15, 0.2) is 17.2 Å². The zero-order valence-corrected chi connectivity index (χ0v) is 17.3. The number of phenols is 1. The Labute approximate surface area is 177 Å². The molecule has 13 heteroatoms. The molecular weight excluding hydrogens is 406 g/mol. The number of aromatic hydroxyl groups is 1. The number of hydrogen-bond donors (Lipinski definition) is 3. The number of hydrogen-bond acceptors (Lipinski definition) is 11. The van der Waals surface area contributed by atoms with Crippen LogP contribution < -0.4 is 15.9 Å². The molecule has 1 aromatic carbocycles. The van der Waals surface area contributed by atoms with E-state index < -0.39 is 5.91 Å². The summed E-state index contributed by atoms with van der Waals surface area (Å²) < 4.78 is 11.0. The lowest BCUT2D eigenvalue weighted by molar-refractivity contribution is 0.0948. The number of methoxy groups -OCH3 is 1. The van der Waals surface area contributed by atoms with Gasteiger partial charge in [-0.1, -0.05) is 19.1 Å². The second-order valence-corrected chi connectivity index (χ2v) is 6.36. The monoisotopic (exact) mass is 429 g/mol. The number of amides is 1. The Hall–Kier alpha value is -4.00. The first-order chi connectivity index (χ1) is 15.0. The molecule has 4 N–H and O–H groups in total. The minimum absolute atomic E-state index is 0.00274. The van der Waals surface area contributed by atoms with E-state index in [9.17, 15) is 9.90 Å². The maximum absolute atomic E-state index is 12.7. The predicted octanol–water partition coefficient (Wildman–Crippen LogP) is 0.552. The molecule has 31 heavy (non-hydrogen) atoms. The van der Waals surface area contributed by atoms with E-state index in [0.29, 0.717) is 23.6 Å². The summed E-state index contributed by atoms with van der Waals surface area (Å²) in [5.41, 5.74) is 9.35. The number of nitrogens with one attached hydrogen (secondary N) is 1. The molecule has 0 saturated heterocycles. The van der Waals surface area contributed by atoms with Crippen LogP contribution in [-0.2, 0) is 6.54 Å². The summed E-state index contributed by atoms with van der Waals surface area (Å²) >= 11 is 0. The SMILES string of the molecule is CCN(CC)Cc1c(C(=O)NN=Cc2ccc(O)c(OC)c2)nnn1-c1nonc1N. The Morgan fingerprint density at radius 1 is 1.39 bits per heavy atom. The molecule has 13 nitrogen and oxygen atoms in total. The van der Waals surface area contributed by atoms with Crippen molar-refractivity contribution < 1.29 is 19.3 Å². The molecule has 2 aromatic heterocycles. The molecule has 0 bridgehead atoms. The summed E-state index contributed by atoms with van der Waals surface area (Å²) in [7, 11) is 1.44. The average Bonchev–Trinajstić information content (AvgIpc) is 3.38. The summed E-state index contributed by atoms with van der Waals surface area (Å²) in [4.78, 5) is 14.8. The molecule has 0 saturated carbocycles. The number of nitrogens with two attached hydrogens (primary N) is 1. The number of benzene rings is 1. The summed E-state index contributed by atoms with van der Waals surface area (Å²) in [5, 5.41) is 28.9. The van der Waals surface area contributed by atoms with E-state index in [-0.39, 0.29) is 23.1 Å². The van der Waals surface area contributed by atoms with Crippen LogP contribution >= 0.6 is 0 Å².